The van der Waals surface area contributed by atoms with Gasteiger partial charge >= 0.3 is 0 Å². The molecule has 0 bridgehead atoms. The van der Waals surface area contributed by atoms with E-state index in [1.165, 1.54) is 0 Å². The molecule has 1 unspecified atom stereocenters. The topological polar surface area (TPSA) is 86.7 Å². The quantitative estimate of drug-likeness (QED) is 0.353. The van der Waals surface area contributed by atoms with Gasteiger partial charge in [-0.25, -0.2) is 0 Å². The summed E-state index contributed by atoms with van der Waals surface area (Å²) in [6, 6.07) is 21.9. The summed E-state index contributed by atoms with van der Waals surface area (Å²) in [6.45, 7) is 1.97. The van der Waals surface area contributed by atoms with E-state index >= 15 is 0 Å². The van der Waals surface area contributed by atoms with E-state index in [1.54, 1.807) is 12.4 Å². The van der Waals surface area contributed by atoms with Crippen molar-refractivity contribution in [2.45, 2.75) is 13.0 Å². The Labute approximate surface area is 186 Å². The summed E-state index contributed by atoms with van der Waals surface area (Å²) < 4.78 is 0. The summed E-state index contributed by atoms with van der Waals surface area (Å²) >= 11 is 0. The van der Waals surface area contributed by atoms with E-state index in [9.17, 15) is 5.11 Å². The number of H-pyrrole nitrogens is 1. The van der Waals surface area contributed by atoms with Gasteiger partial charge in [-0.3, -0.25) is 15.1 Å². The number of nitrogens with zero attached hydrogens (tertiary/aromatic N) is 3. The number of aliphatic hydroxyl groups is 1. The molecular weight excluding hydrogens is 398 g/mol. The van der Waals surface area contributed by atoms with Gasteiger partial charge in [0.15, 0.2) is 0 Å². The largest absolute Gasteiger partial charge is 0.394 e. The molecule has 0 aliphatic heterocycles. The lowest BCUT2D eigenvalue weighted by atomic mass is 9.98. The first kappa shape index (κ1) is 19.9. The number of aromatic nitrogens is 4. The third-order valence-corrected chi connectivity index (χ3v) is 5.61. The monoisotopic (exact) mass is 421 g/mol. The van der Waals surface area contributed by atoms with E-state index in [0.717, 1.165) is 50.2 Å². The zero-order chi connectivity index (χ0) is 21.9. The highest BCUT2D eigenvalue weighted by atomic mass is 16.3. The Kier molecular flexibility index (Phi) is 5.35. The smallest absolute Gasteiger partial charge is 0.0797 e. The van der Waals surface area contributed by atoms with Crippen LogP contribution in [0.4, 0.5) is 5.69 Å². The van der Waals surface area contributed by atoms with Crippen molar-refractivity contribution >= 4 is 16.6 Å². The molecule has 0 fully saturated rings. The van der Waals surface area contributed by atoms with Crippen molar-refractivity contribution in [1.29, 1.82) is 0 Å². The molecular formula is C26H23N5O. The van der Waals surface area contributed by atoms with Crippen LogP contribution in [0.25, 0.3) is 33.3 Å². The number of pyridine rings is 2. The molecule has 0 aliphatic rings. The average molecular weight is 422 g/mol. The second-order valence-corrected chi connectivity index (χ2v) is 7.72. The van der Waals surface area contributed by atoms with Crippen LogP contribution in [-0.4, -0.2) is 31.9 Å². The Morgan fingerprint density at radius 3 is 2.62 bits per heavy atom. The zero-order valence-corrected chi connectivity index (χ0v) is 17.7. The summed E-state index contributed by atoms with van der Waals surface area (Å²) in [5, 5.41) is 21.9. The molecule has 3 N–H and O–H groups in total. The molecule has 3 aromatic heterocycles. The third kappa shape index (κ3) is 3.84. The van der Waals surface area contributed by atoms with Crippen molar-refractivity contribution in [2.75, 3.05) is 11.9 Å². The number of fused-ring (bicyclic) bond motifs is 1. The van der Waals surface area contributed by atoms with E-state index < -0.39 is 0 Å². The van der Waals surface area contributed by atoms with E-state index in [4.69, 9.17) is 4.98 Å². The summed E-state index contributed by atoms with van der Waals surface area (Å²) in [6.07, 6.45) is 5.38. The van der Waals surface area contributed by atoms with Crippen LogP contribution in [0.15, 0.2) is 85.3 Å². The highest BCUT2D eigenvalue weighted by molar-refractivity contribution is 5.90. The number of aryl methyl sites for hydroxylation is 1. The molecule has 1 atom stereocenters. The normalized spacial score (nSPS) is 12.1. The maximum atomic E-state index is 9.98. The molecule has 0 radical (unpaired) electrons. The minimum Gasteiger partial charge on any atom is -0.394 e. The Morgan fingerprint density at radius 1 is 0.969 bits per heavy atom. The molecule has 158 valence electrons. The minimum atomic E-state index is -0.228. The van der Waals surface area contributed by atoms with Gasteiger partial charge in [0, 0.05) is 28.9 Å². The molecule has 6 nitrogen and oxygen atoms in total. The highest BCUT2D eigenvalue weighted by Crippen LogP contribution is 2.34. The van der Waals surface area contributed by atoms with Crippen molar-refractivity contribution in [1.82, 2.24) is 20.2 Å². The van der Waals surface area contributed by atoms with Crippen LogP contribution >= 0.6 is 0 Å². The Morgan fingerprint density at radius 2 is 1.84 bits per heavy atom. The van der Waals surface area contributed by atoms with Gasteiger partial charge in [-0.1, -0.05) is 36.4 Å². The molecule has 0 saturated carbocycles. The van der Waals surface area contributed by atoms with Crippen LogP contribution in [0.3, 0.4) is 0 Å². The minimum absolute atomic E-state index is 0.0239. The van der Waals surface area contributed by atoms with E-state index in [-0.39, 0.29) is 12.6 Å². The van der Waals surface area contributed by atoms with Crippen LogP contribution in [0.5, 0.6) is 0 Å². The first-order chi connectivity index (χ1) is 15.7. The Balaban J connectivity index is 1.61. The lowest BCUT2D eigenvalue weighted by Crippen LogP contribution is -2.15. The van der Waals surface area contributed by atoms with Crippen LogP contribution in [0.2, 0.25) is 0 Å². The molecule has 6 heteroatoms. The van der Waals surface area contributed by atoms with Gasteiger partial charge in [0.05, 0.1) is 41.4 Å². The Bertz CT molecular complexity index is 1350. The molecule has 32 heavy (non-hydrogen) atoms. The number of hydrogen-bond donors (Lipinski definition) is 3. The Hall–Kier alpha value is -4.03. The maximum absolute atomic E-state index is 9.98. The second-order valence-electron chi connectivity index (χ2n) is 7.72. The number of rotatable bonds is 6. The fourth-order valence-electron chi connectivity index (χ4n) is 3.93. The van der Waals surface area contributed by atoms with Crippen molar-refractivity contribution in [3.63, 3.8) is 0 Å². The van der Waals surface area contributed by atoms with Gasteiger partial charge in [0.2, 0.25) is 0 Å². The van der Waals surface area contributed by atoms with Gasteiger partial charge in [-0.2, -0.15) is 5.10 Å². The number of anilines is 1. The fourth-order valence-corrected chi connectivity index (χ4v) is 3.93. The van der Waals surface area contributed by atoms with E-state index in [1.807, 2.05) is 61.7 Å². The number of nitrogens with one attached hydrogen (secondary N) is 2. The van der Waals surface area contributed by atoms with Crippen molar-refractivity contribution in [3.05, 3.63) is 96.6 Å². The molecule has 2 aromatic carbocycles. The molecule has 0 spiro atoms. The number of aliphatic hydroxyl groups excluding tert-OH is 1. The molecule has 3 heterocycles. The van der Waals surface area contributed by atoms with Gasteiger partial charge in [-0.15, -0.1) is 0 Å². The number of hydrogen-bond acceptors (Lipinski definition) is 5. The predicted octanol–water partition coefficient (Wildman–Crippen LogP) is 5.14. The third-order valence-electron chi connectivity index (χ3n) is 5.61. The molecule has 0 saturated heterocycles. The first-order valence-corrected chi connectivity index (χ1v) is 10.5. The molecule has 5 rings (SSSR count). The van der Waals surface area contributed by atoms with Crippen molar-refractivity contribution < 1.29 is 5.11 Å². The molecule has 5 aromatic rings. The van der Waals surface area contributed by atoms with Gasteiger partial charge < -0.3 is 10.4 Å². The van der Waals surface area contributed by atoms with Gasteiger partial charge in [0.1, 0.15) is 0 Å². The van der Waals surface area contributed by atoms with Crippen LogP contribution < -0.4 is 5.32 Å². The second kappa shape index (κ2) is 8.61. The number of aromatic amines is 1. The fraction of sp³-hybridized carbons (Fsp3) is 0.115. The highest BCUT2D eigenvalue weighted by Gasteiger charge is 2.15. The van der Waals surface area contributed by atoms with Crippen LogP contribution in [-0.2, 0) is 0 Å². The maximum Gasteiger partial charge on any atom is 0.0797 e. The SMILES string of the molecule is Cc1n[nH]c2ccc(-c3cc(NC(CO)c4ccccc4)cnc3-c3cccnc3)cc12. The standard InChI is InChI=1S/C26H23N5O/c1-17-22-12-19(9-10-24(22)31-30-17)23-13-21(15-28-26(23)20-8-5-11-27-14-20)29-25(16-32)18-6-3-2-4-7-18/h2-15,25,29,32H,16H2,1H3,(H,30,31). The summed E-state index contributed by atoms with van der Waals surface area (Å²) in [5.74, 6) is 0. The summed E-state index contributed by atoms with van der Waals surface area (Å²) in [7, 11) is 0. The molecule has 0 amide bonds. The lowest BCUT2D eigenvalue weighted by molar-refractivity contribution is 0.276. The van der Waals surface area contributed by atoms with Gasteiger partial charge in [0.25, 0.3) is 0 Å². The zero-order valence-electron chi connectivity index (χ0n) is 17.7. The first-order valence-electron chi connectivity index (χ1n) is 10.5. The summed E-state index contributed by atoms with van der Waals surface area (Å²) in [4.78, 5) is 9.06. The number of benzene rings is 2. The van der Waals surface area contributed by atoms with E-state index in [2.05, 4.69) is 38.7 Å². The van der Waals surface area contributed by atoms with Crippen molar-refractivity contribution in [2.24, 2.45) is 0 Å². The van der Waals surface area contributed by atoms with Crippen LogP contribution in [0, 0.1) is 6.92 Å². The summed E-state index contributed by atoms with van der Waals surface area (Å²) in [5.41, 5.74) is 7.62. The average Bonchev–Trinajstić information content (AvgIpc) is 3.23. The van der Waals surface area contributed by atoms with Crippen molar-refractivity contribution in [3.8, 4) is 22.4 Å². The van der Waals surface area contributed by atoms with E-state index in [0.29, 0.717) is 0 Å². The predicted molar refractivity (Wildman–Crippen MR) is 127 cm³/mol. The molecule has 0 aliphatic carbocycles. The van der Waals surface area contributed by atoms with Gasteiger partial charge in [-0.05, 0) is 48.4 Å². The lowest BCUT2D eigenvalue weighted by Gasteiger charge is -2.19. The van der Waals surface area contributed by atoms with Crippen LogP contribution in [0.1, 0.15) is 17.3 Å².